The third-order valence-corrected chi connectivity index (χ3v) is 6.09. The topological polar surface area (TPSA) is 108 Å². The molecule has 2 aliphatic rings. The number of carbonyl (C=O) groups excluding carboxylic acids is 2. The molecule has 1 saturated carbocycles. The Bertz CT molecular complexity index is 776. The molecule has 30 heavy (non-hydrogen) atoms. The molecule has 2 N–H and O–H groups in total. The molecule has 1 atom stereocenters. The van der Waals surface area contributed by atoms with E-state index < -0.39 is 11.3 Å². The van der Waals surface area contributed by atoms with Gasteiger partial charge in [-0.25, -0.2) is 9.00 Å². The monoisotopic (exact) mass is 439 g/mol. The van der Waals surface area contributed by atoms with Gasteiger partial charge < -0.3 is 19.3 Å². The molecule has 10 heteroatoms. The quantitative estimate of drug-likeness (QED) is 0.633. The molecule has 1 unspecified atom stereocenters. The van der Waals surface area contributed by atoms with E-state index in [-0.39, 0.29) is 12.0 Å². The van der Waals surface area contributed by atoms with Crippen LogP contribution < -0.4 is 9.46 Å². The number of carbonyl (C=O) groups is 2. The summed E-state index contributed by atoms with van der Waals surface area (Å²) in [5.74, 6) is 0.801. The summed E-state index contributed by atoms with van der Waals surface area (Å²) in [6.07, 6.45) is 5.65. The fourth-order valence-corrected chi connectivity index (χ4v) is 4.34. The van der Waals surface area contributed by atoms with Crippen LogP contribution in [0.1, 0.15) is 42.5 Å². The highest BCUT2D eigenvalue weighted by Crippen LogP contribution is 2.28. The average Bonchev–Trinajstić information content (AvgIpc) is 3.26. The minimum atomic E-state index is -2.24. The lowest BCUT2D eigenvalue weighted by Gasteiger charge is -2.34. The van der Waals surface area contributed by atoms with E-state index in [2.05, 4.69) is 4.72 Å². The van der Waals surface area contributed by atoms with Crippen molar-refractivity contribution in [3.8, 4) is 5.75 Å². The molecule has 2 fully saturated rings. The minimum Gasteiger partial charge on any atom is -0.495 e. The summed E-state index contributed by atoms with van der Waals surface area (Å²) < 4.78 is 32.9. The number of methoxy groups -OCH3 is 1. The summed E-state index contributed by atoms with van der Waals surface area (Å²) in [4.78, 5) is 28.4. The molecular formula is C20H29N3O6S. The number of benzene rings is 1. The van der Waals surface area contributed by atoms with E-state index in [4.69, 9.17) is 14.0 Å². The standard InChI is InChI=1S/C20H29N3O6S/c1-28-18-14-16(6-7-17(18)21-30(26)27)19(24)22-9-11-23(12-10-22)20(25)29-13-8-15-4-2-3-5-15/h6-7,14-15,21H,2-5,8-13H2,1H3,(H,26,27). The Labute approximate surface area is 179 Å². The first kappa shape index (κ1) is 22.4. The van der Waals surface area contributed by atoms with Gasteiger partial charge in [0.15, 0.2) is 0 Å². The number of hydrogen-bond acceptors (Lipinski definition) is 5. The molecule has 0 bridgehead atoms. The highest BCUT2D eigenvalue weighted by molar-refractivity contribution is 7.80. The van der Waals surface area contributed by atoms with Gasteiger partial charge >= 0.3 is 6.09 Å². The first-order chi connectivity index (χ1) is 14.5. The van der Waals surface area contributed by atoms with Crippen LogP contribution in [-0.2, 0) is 16.0 Å². The molecule has 1 aromatic rings. The summed E-state index contributed by atoms with van der Waals surface area (Å²) in [5.41, 5.74) is 0.730. The van der Waals surface area contributed by atoms with E-state index in [0.29, 0.717) is 55.7 Å². The maximum absolute atomic E-state index is 12.8. The lowest BCUT2D eigenvalue weighted by atomic mass is 10.1. The van der Waals surface area contributed by atoms with Crippen LogP contribution >= 0.6 is 0 Å². The third kappa shape index (κ3) is 5.85. The van der Waals surface area contributed by atoms with Crippen molar-refractivity contribution in [1.82, 2.24) is 9.80 Å². The molecular weight excluding hydrogens is 410 g/mol. The second-order valence-corrected chi connectivity index (χ2v) is 8.30. The van der Waals surface area contributed by atoms with Crippen molar-refractivity contribution >= 4 is 29.0 Å². The molecule has 1 aromatic carbocycles. The van der Waals surface area contributed by atoms with Crippen LogP contribution in [0, 0.1) is 5.92 Å². The number of anilines is 1. The normalized spacial score (nSPS) is 18.2. The number of nitrogens with zero attached hydrogens (tertiary/aromatic N) is 2. The average molecular weight is 440 g/mol. The van der Waals surface area contributed by atoms with Crippen molar-refractivity contribution in [1.29, 1.82) is 0 Å². The van der Waals surface area contributed by atoms with E-state index in [1.165, 1.54) is 44.9 Å². The van der Waals surface area contributed by atoms with Crippen LogP contribution in [0.5, 0.6) is 5.75 Å². The summed E-state index contributed by atoms with van der Waals surface area (Å²) in [7, 11) is 1.42. The molecule has 166 valence electrons. The molecule has 0 radical (unpaired) electrons. The van der Waals surface area contributed by atoms with Gasteiger partial charge in [-0.15, -0.1) is 0 Å². The highest BCUT2D eigenvalue weighted by atomic mass is 32.2. The third-order valence-electron chi connectivity index (χ3n) is 5.70. The first-order valence-electron chi connectivity index (χ1n) is 10.2. The molecule has 1 heterocycles. The second kappa shape index (κ2) is 10.6. The van der Waals surface area contributed by atoms with E-state index in [9.17, 15) is 13.8 Å². The van der Waals surface area contributed by atoms with Crippen LogP contribution in [0.3, 0.4) is 0 Å². The van der Waals surface area contributed by atoms with E-state index in [0.717, 1.165) is 6.42 Å². The Morgan fingerprint density at radius 1 is 1.17 bits per heavy atom. The fourth-order valence-electron chi connectivity index (χ4n) is 3.98. The van der Waals surface area contributed by atoms with E-state index in [1.54, 1.807) is 15.9 Å². The molecule has 1 saturated heterocycles. The van der Waals surface area contributed by atoms with Gasteiger partial charge in [-0.1, -0.05) is 25.7 Å². The van der Waals surface area contributed by atoms with Crippen molar-refractivity contribution in [2.75, 3.05) is 44.6 Å². The molecule has 3 rings (SSSR count). The zero-order valence-electron chi connectivity index (χ0n) is 17.2. The maximum Gasteiger partial charge on any atom is 0.409 e. The Hall–Kier alpha value is -2.33. The Balaban J connectivity index is 1.48. The Morgan fingerprint density at radius 2 is 1.83 bits per heavy atom. The number of nitrogens with one attached hydrogen (secondary N) is 1. The van der Waals surface area contributed by atoms with Crippen molar-refractivity contribution in [3.05, 3.63) is 23.8 Å². The summed E-state index contributed by atoms with van der Waals surface area (Å²) >= 11 is -2.24. The largest absolute Gasteiger partial charge is 0.495 e. The summed E-state index contributed by atoms with van der Waals surface area (Å²) in [5, 5.41) is 0. The van der Waals surface area contributed by atoms with E-state index >= 15 is 0 Å². The lowest BCUT2D eigenvalue weighted by molar-refractivity contribution is 0.0548. The van der Waals surface area contributed by atoms with Crippen molar-refractivity contribution in [2.45, 2.75) is 32.1 Å². The molecule has 2 amide bonds. The van der Waals surface area contributed by atoms with Crippen molar-refractivity contribution < 1.29 is 27.8 Å². The number of piperazine rings is 1. The molecule has 1 aliphatic carbocycles. The smallest absolute Gasteiger partial charge is 0.409 e. The van der Waals surface area contributed by atoms with Crippen LogP contribution in [-0.4, -0.2) is 70.5 Å². The first-order valence-corrected chi connectivity index (χ1v) is 11.3. The number of rotatable bonds is 7. The van der Waals surface area contributed by atoms with Crippen molar-refractivity contribution in [2.24, 2.45) is 5.92 Å². The SMILES string of the molecule is COc1cc(C(=O)N2CCN(C(=O)OCCC3CCCC3)CC2)ccc1NS(=O)O. The summed E-state index contributed by atoms with van der Waals surface area (Å²) in [6, 6.07) is 4.63. The van der Waals surface area contributed by atoms with Gasteiger partial charge in [-0.2, -0.15) is 0 Å². The van der Waals surface area contributed by atoms with E-state index in [1.807, 2.05) is 0 Å². The number of ether oxygens (including phenoxy) is 2. The Morgan fingerprint density at radius 3 is 2.47 bits per heavy atom. The molecule has 0 spiro atoms. The van der Waals surface area contributed by atoms with Crippen LogP contribution in [0.25, 0.3) is 0 Å². The maximum atomic E-state index is 12.8. The lowest BCUT2D eigenvalue weighted by Crippen LogP contribution is -2.50. The number of amides is 2. The van der Waals surface area contributed by atoms with Gasteiger partial charge in [-0.3, -0.25) is 14.1 Å². The fraction of sp³-hybridized carbons (Fsp3) is 0.600. The van der Waals surface area contributed by atoms with Gasteiger partial charge in [0.25, 0.3) is 17.2 Å². The van der Waals surface area contributed by atoms with Gasteiger partial charge in [0.2, 0.25) is 0 Å². The highest BCUT2D eigenvalue weighted by Gasteiger charge is 2.26. The minimum absolute atomic E-state index is 0.181. The summed E-state index contributed by atoms with van der Waals surface area (Å²) in [6.45, 7) is 2.14. The predicted octanol–water partition coefficient (Wildman–Crippen LogP) is 2.72. The van der Waals surface area contributed by atoms with Gasteiger partial charge in [0.05, 0.1) is 19.4 Å². The second-order valence-electron chi connectivity index (χ2n) is 7.60. The molecule has 0 aromatic heterocycles. The van der Waals surface area contributed by atoms with Gasteiger partial charge in [-0.05, 0) is 30.5 Å². The molecule has 9 nitrogen and oxygen atoms in total. The van der Waals surface area contributed by atoms with Crippen LogP contribution in [0.2, 0.25) is 0 Å². The zero-order valence-corrected chi connectivity index (χ0v) is 18.0. The zero-order chi connectivity index (χ0) is 21.5. The predicted molar refractivity (Wildman–Crippen MR) is 113 cm³/mol. The van der Waals surface area contributed by atoms with Crippen LogP contribution in [0.15, 0.2) is 18.2 Å². The van der Waals surface area contributed by atoms with Gasteiger partial charge in [0, 0.05) is 31.7 Å². The number of hydrogen-bond donors (Lipinski definition) is 2. The molecule has 1 aliphatic heterocycles. The van der Waals surface area contributed by atoms with Crippen molar-refractivity contribution in [3.63, 3.8) is 0 Å². The Kier molecular flexibility index (Phi) is 7.92. The van der Waals surface area contributed by atoms with Gasteiger partial charge in [0.1, 0.15) is 5.75 Å². The van der Waals surface area contributed by atoms with Crippen LogP contribution in [0.4, 0.5) is 10.5 Å².